The highest BCUT2D eigenvalue weighted by atomic mass is 16.5. The van der Waals surface area contributed by atoms with Crippen LogP contribution in [0.5, 0.6) is 5.75 Å². The van der Waals surface area contributed by atoms with Crippen LogP contribution in [-0.4, -0.2) is 27.3 Å². The van der Waals surface area contributed by atoms with Crippen LogP contribution in [0.4, 0.5) is 0 Å². The number of nitrogens with one attached hydrogen (secondary N) is 2. The number of hydrogen-bond donors (Lipinski definition) is 2. The smallest absolute Gasteiger partial charge is 0.169 e. The number of methoxy groups -OCH3 is 2. The first-order chi connectivity index (χ1) is 11.7. The van der Waals surface area contributed by atoms with E-state index in [0.29, 0.717) is 5.92 Å². The van der Waals surface area contributed by atoms with E-state index in [0.717, 1.165) is 42.4 Å². The van der Waals surface area contributed by atoms with E-state index in [-0.39, 0.29) is 0 Å². The van der Waals surface area contributed by atoms with E-state index in [4.69, 9.17) is 9.47 Å². The first-order valence-corrected chi connectivity index (χ1v) is 9.17. The summed E-state index contributed by atoms with van der Waals surface area (Å²) in [5.74, 6) is 3.42. The summed E-state index contributed by atoms with van der Waals surface area (Å²) in [6.45, 7) is 6.37. The Morgan fingerprint density at radius 3 is 2.50 bits per heavy atom. The van der Waals surface area contributed by atoms with Gasteiger partial charge in [0.15, 0.2) is 5.76 Å². The van der Waals surface area contributed by atoms with Gasteiger partial charge < -0.3 is 20.1 Å². The summed E-state index contributed by atoms with van der Waals surface area (Å²) in [5.41, 5.74) is 2.28. The molecule has 134 valence electrons. The Labute approximate surface area is 146 Å². The topological polar surface area (TPSA) is 42.5 Å². The van der Waals surface area contributed by atoms with Crippen LogP contribution < -0.4 is 15.4 Å². The lowest BCUT2D eigenvalue weighted by molar-refractivity contribution is 0.353. The molecule has 4 heteroatoms. The highest BCUT2D eigenvalue weighted by Gasteiger charge is 2.20. The van der Waals surface area contributed by atoms with E-state index < -0.39 is 0 Å². The van der Waals surface area contributed by atoms with Gasteiger partial charge in [-0.1, -0.05) is 51.7 Å². The summed E-state index contributed by atoms with van der Waals surface area (Å²) in [6, 6.07) is 6.36. The maximum absolute atomic E-state index is 5.80. The van der Waals surface area contributed by atoms with Crippen molar-refractivity contribution in [1.29, 1.82) is 0 Å². The Hall–Kier alpha value is -1.84. The normalized spacial score (nSPS) is 14.8. The second-order valence-electron chi connectivity index (χ2n) is 6.38. The molecule has 1 heterocycles. The maximum Gasteiger partial charge on any atom is 0.169 e. The van der Waals surface area contributed by atoms with E-state index in [2.05, 4.69) is 42.7 Å². The molecule has 0 amide bonds. The summed E-state index contributed by atoms with van der Waals surface area (Å²) in [6.07, 6.45) is 6.09. The molecular formula is C20H32N2O2. The Kier molecular flexibility index (Phi) is 7.29. The van der Waals surface area contributed by atoms with E-state index in [1.807, 2.05) is 0 Å². The van der Waals surface area contributed by atoms with Gasteiger partial charge in [-0.15, -0.1) is 0 Å². The fourth-order valence-electron chi connectivity index (χ4n) is 3.36. The van der Waals surface area contributed by atoms with Crippen molar-refractivity contribution in [1.82, 2.24) is 10.6 Å². The SMILES string of the molecule is CCCCC(CC)Cc1cccc(C(OC)=C2NCCN2)c1OC. The van der Waals surface area contributed by atoms with Crippen molar-refractivity contribution in [3.63, 3.8) is 0 Å². The van der Waals surface area contributed by atoms with Crippen LogP contribution in [0.3, 0.4) is 0 Å². The van der Waals surface area contributed by atoms with Crippen LogP contribution in [0.25, 0.3) is 5.76 Å². The zero-order chi connectivity index (χ0) is 17.4. The lowest BCUT2D eigenvalue weighted by atomic mass is 9.90. The number of hydrogen-bond acceptors (Lipinski definition) is 4. The zero-order valence-electron chi connectivity index (χ0n) is 15.6. The van der Waals surface area contributed by atoms with Gasteiger partial charge in [0.05, 0.1) is 19.8 Å². The predicted octanol–water partition coefficient (Wildman–Crippen LogP) is 3.92. The van der Waals surface area contributed by atoms with E-state index in [1.54, 1.807) is 14.2 Å². The van der Waals surface area contributed by atoms with Gasteiger partial charge in [-0.25, -0.2) is 0 Å². The largest absolute Gasteiger partial charge is 0.496 e. The molecule has 0 saturated carbocycles. The molecule has 1 unspecified atom stereocenters. The Morgan fingerprint density at radius 1 is 1.17 bits per heavy atom. The molecule has 0 spiro atoms. The molecule has 2 N–H and O–H groups in total. The minimum atomic E-state index is 0.704. The van der Waals surface area contributed by atoms with Gasteiger partial charge in [-0.3, -0.25) is 0 Å². The molecule has 0 aliphatic carbocycles. The number of rotatable bonds is 9. The molecule has 1 aliphatic heterocycles. The van der Waals surface area contributed by atoms with Crippen LogP contribution in [0.1, 0.15) is 50.7 Å². The summed E-state index contributed by atoms with van der Waals surface area (Å²) >= 11 is 0. The summed E-state index contributed by atoms with van der Waals surface area (Å²) in [5, 5.41) is 6.69. The second kappa shape index (κ2) is 9.45. The highest BCUT2D eigenvalue weighted by Crippen LogP contribution is 2.34. The van der Waals surface area contributed by atoms with E-state index in [9.17, 15) is 0 Å². The van der Waals surface area contributed by atoms with Crippen LogP contribution in [0.2, 0.25) is 0 Å². The molecule has 1 fully saturated rings. The fraction of sp³-hybridized carbons (Fsp3) is 0.600. The van der Waals surface area contributed by atoms with Gasteiger partial charge in [0.25, 0.3) is 0 Å². The summed E-state index contributed by atoms with van der Waals surface area (Å²) in [7, 11) is 3.47. The van der Waals surface area contributed by atoms with Gasteiger partial charge in [-0.05, 0) is 24.0 Å². The van der Waals surface area contributed by atoms with Crippen LogP contribution in [-0.2, 0) is 11.2 Å². The van der Waals surface area contributed by atoms with Crippen molar-refractivity contribution in [3.8, 4) is 5.75 Å². The standard InChI is InChI=1S/C20H32N2O2/c1-5-7-9-15(6-2)14-16-10-8-11-17(18(16)23-3)19(24-4)20-21-12-13-22-20/h8,10-11,15,21-22H,5-7,9,12-14H2,1-4H3. The lowest BCUT2D eigenvalue weighted by Crippen LogP contribution is -2.15. The molecule has 0 aromatic heterocycles. The van der Waals surface area contributed by atoms with Gasteiger partial charge in [0.2, 0.25) is 0 Å². The van der Waals surface area contributed by atoms with E-state index >= 15 is 0 Å². The van der Waals surface area contributed by atoms with Crippen LogP contribution >= 0.6 is 0 Å². The average Bonchev–Trinajstić information content (AvgIpc) is 3.13. The number of benzene rings is 1. The lowest BCUT2D eigenvalue weighted by Gasteiger charge is -2.20. The van der Waals surface area contributed by atoms with Crippen molar-refractivity contribution in [3.05, 3.63) is 35.1 Å². The Balaban J connectivity index is 2.32. The maximum atomic E-state index is 5.80. The molecule has 1 aromatic carbocycles. The molecule has 24 heavy (non-hydrogen) atoms. The van der Waals surface area contributed by atoms with Gasteiger partial charge in [0, 0.05) is 13.1 Å². The summed E-state index contributed by atoms with van der Waals surface area (Å²) in [4.78, 5) is 0. The monoisotopic (exact) mass is 332 g/mol. The molecule has 0 radical (unpaired) electrons. The van der Waals surface area contributed by atoms with Crippen molar-refractivity contribution in [2.24, 2.45) is 5.92 Å². The second-order valence-corrected chi connectivity index (χ2v) is 6.38. The predicted molar refractivity (Wildman–Crippen MR) is 99.9 cm³/mol. The number of unbranched alkanes of at least 4 members (excludes halogenated alkanes) is 1. The molecule has 1 aromatic rings. The molecule has 2 rings (SSSR count). The Morgan fingerprint density at radius 2 is 1.92 bits per heavy atom. The van der Waals surface area contributed by atoms with E-state index in [1.165, 1.54) is 31.2 Å². The van der Waals surface area contributed by atoms with Crippen molar-refractivity contribution >= 4 is 5.76 Å². The van der Waals surface area contributed by atoms with Crippen LogP contribution in [0.15, 0.2) is 24.0 Å². The van der Waals surface area contributed by atoms with Gasteiger partial charge in [-0.2, -0.15) is 0 Å². The molecule has 1 saturated heterocycles. The summed E-state index contributed by atoms with van der Waals surface area (Å²) < 4.78 is 11.5. The number of ether oxygens (including phenoxy) is 2. The van der Waals surface area contributed by atoms with Crippen molar-refractivity contribution in [2.45, 2.75) is 46.0 Å². The third kappa shape index (κ3) is 4.37. The van der Waals surface area contributed by atoms with Gasteiger partial charge in [0.1, 0.15) is 11.6 Å². The first-order valence-electron chi connectivity index (χ1n) is 9.17. The van der Waals surface area contributed by atoms with Gasteiger partial charge >= 0.3 is 0 Å². The quantitative estimate of drug-likeness (QED) is 0.673. The van der Waals surface area contributed by atoms with Crippen molar-refractivity contribution in [2.75, 3.05) is 27.3 Å². The third-order valence-electron chi connectivity index (χ3n) is 4.76. The molecule has 1 aliphatic rings. The minimum absolute atomic E-state index is 0.704. The average molecular weight is 332 g/mol. The first kappa shape index (κ1) is 18.5. The number of para-hydroxylation sites is 1. The fourth-order valence-corrected chi connectivity index (χ4v) is 3.36. The Bertz CT molecular complexity index is 547. The third-order valence-corrected chi connectivity index (χ3v) is 4.76. The highest BCUT2D eigenvalue weighted by molar-refractivity contribution is 5.69. The molecule has 4 nitrogen and oxygen atoms in total. The molecular weight excluding hydrogens is 300 g/mol. The minimum Gasteiger partial charge on any atom is -0.496 e. The zero-order valence-corrected chi connectivity index (χ0v) is 15.6. The molecule has 0 bridgehead atoms. The molecule has 1 atom stereocenters. The van der Waals surface area contributed by atoms with Crippen molar-refractivity contribution < 1.29 is 9.47 Å². The van der Waals surface area contributed by atoms with Crippen LogP contribution in [0, 0.1) is 5.92 Å².